The van der Waals surface area contributed by atoms with E-state index in [1.165, 1.54) is 26.4 Å². The van der Waals surface area contributed by atoms with Crippen LogP contribution in [-0.4, -0.2) is 70.8 Å². The van der Waals surface area contributed by atoms with Crippen LogP contribution in [0.4, 0.5) is 0 Å². The van der Waals surface area contributed by atoms with E-state index in [0.29, 0.717) is 42.4 Å². The summed E-state index contributed by atoms with van der Waals surface area (Å²) in [5.74, 6) is 0.473. The Bertz CT molecular complexity index is 1280. The lowest BCUT2D eigenvalue weighted by Crippen LogP contribution is -2.34. The first-order chi connectivity index (χ1) is 19.1. The number of rotatable bonds is 9. The molecular weight excluding hydrogens is 496 g/mol. The standard InChI is InChI=1S/C29H34N6O4/c1-38-32-24-18-25(28-31-27(39-33-28)19-30-26(36)14-17-34-15-6-3-7-16-34)35(20-24)29(37)23-12-10-22(11-13-23)21-8-4-2-5-9-21/h2,4-5,8-13,25H,3,6-7,14-20H2,1H3,(H,30,36)/t25-/m0/s1. The van der Waals surface area contributed by atoms with Crippen LogP contribution in [0.3, 0.4) is 0 Å². The van der Waals surface area contributed by atoms with E-state index in [-0.39, 0.29) is 18.4 Å². The van der Waals surface area contributed by atoms with E-state index in [0.717, 1.165) is 30.8 Å². The fourth-order valence-electron chi connectivity index (χ4n) is 5.13. The van der Waals surface area contributed by atoms with E-state index in [2.05, 4.69) is 25.5 Å². The number of amides is 2. The largest absolute Gasteiger partial charge is 0.399 e. The molecule has 5 rings (SSSR count). The van der Waals surface area contributed by atoms with Crippen LogP contribution in [0.15, 0.2) is 64.3 Å². The van der Waals surface area contributed by atoms with Crippen molar-refractivity contribution in [2.75, 3.05) is 33.3 Å². The molecule has 0 spiro atoms. The monoisotopic (exact) mass is 530 g/mol. The number of likely N-dealkylation sites (tertiary alicyclic amines) is 2. The highest BCUT2D eigenvalue weighted by atomic mass is 16.6. The minimum absolute atomic E-state index is 0.0496. The van der Waals surface area contributed by atoms with Crippen LogP contribution in [-0.2, 0) is 16.2 Å². The Balaban J connectivity index is 1.22. The topological polar surface area (TPSA) is 113 Å². The zero-order valence-corrected chi connectivity index (χ0v) is 22.2. The van der Waals surface area contributed by atoms with E-state index >= 15 is 0 Å². The summed E-state index contributed by atoms with van der Waals surface area (Å²) in [6.45, 7) is 3.32. The third-order valence-electron chi connectivity index (χ3n) is 7.20. The first kappa shape index (κ1) is 26.6. The molecule has 3 aromatic rings. The number of nitrogens with zero attached hydrogens (tertiary/aromatic N) is 5. The number of hydrogen-bond donors (Lipinski definition) is 1. The number of piperidine rings is 1. The van der Waals surface area contributed by atoms with Gasteiger partial charge in [-0.2, -0.15) is 4.98 Å². The zero-order chi connectivity index (χ0) is 27.0. The molecule has 0 aliphatic carbocycles. The minimum Gasteiger partial charge on any atom is -0.399 e. The lowest BCUT2D eigenvalue weighted by Gasteiger charge is -2.25. The molecule has 2 fully saturated rings. The Morgan fingerprint density at radius 2 is 1.79 bits per heavy atom. The zero-order valence-electron chi connectivity index (χ0n) is 22.2. The van der Waals surface area contributed by atoms with Crippen molar-refractivity contribution < 1.29 is 18.9 Å². The Hall–Kier alpha value is -4.05. The number of carbonyl (C=O) groups is 2. The minimum atomic E-state index is -0.451. The van der Waals surface area contributed by atoms with Gasteiger partial charge < -0.3 is 24.5 Å². The molecule has 2 saturated heterocycles. The molecule has 1 aromatic heterocycles. The Kier molecular flexibility index (Phi) is 8.62. The fourth-order valence-corrected chi connectivity index (χ4v) is 5.13. The molecule has 3 heterocycles. The van der Waals surface area contributed by atoms with Gasteiger partial charge in [0.2, 0.25) is 11.8 Å². The van der Waals surface area contributed by atoms with Crippen molar-refractivity contribution in [1.29, 1.82) is 0 Å². The van der Waals surface area contributed by atoms with Crippen molar-refractivity contribution in [3.8, 4) is 11.1 Å². The van der Waals surface area contributed by atoms with Gasteiger partial charge in [0.15, 0.2) is 5.82 Å². The Labute approximate surface area is 228 Å². The van der Waals surface area contributed by atoms with Crippen molar-refractivity contribution in [1.82, 2.24) is 25.3 Å². The van der Waals surface area contributed by atoms with E-state index in [1.807, 2.05) is 54.6 Å². The normalized spacial score (nSPS) is 18.8. The fraction of sp³-hybridized carbons (Fsp3) is 0.414. The molecule has 0 saturated carbocycles. The molecule has 2 aliphatic heterocycles. The summed E-state index contributed by atoms with van der Waals surface area (Å²) < 4.78 is 5.42. The smallest absolute Gasteiger partial charge is 0.254 e. The molecule has 39 heavy (non-hydrogen) atoms. The summed E-state index contributed by atoms with van der Waals surface area (Å²) in [6, 6.07) is 17.1. The van der Waals surface area contributed by atoms with Crippen LogP contribution < -0.4 is 5.32 Å². The molecule has 10 nitrogen and oxygen atoms in total. The molecule has 2 amide bonds. The third-order valence-corrected chi connectivity index (χ3v) is 7.20. The molecular formula is C29H34N6O4. The maximum absolute atomic E-state index is 13.5. The van der Waals surface area contributed by atoms with Crippen LogP contribution in [0.1, 0.15) is 60.2 Å². The lowest BCUT2D eigenvalue weighted by atomic mass is 10.0. The van der Waals surface area contributed by atoms with Crippen LogP contribution >= 0.6 is 0 Å². The van der Waals surface area contributed by atoms with Gasteiger partial charge in [0.1, 0.15) is 13.2 Å². The predicted octanol–water partition coefficient (Wildman–Crippen LogP) is 3.82. The summed E-state index contributed by atoms with van der Waals surface area (Å²) in [5, 5.41) is 11.1. The van der Waals surface area contributed by atoms with E-state index in [4.69, 9.17) is 9.36 Å². The van der Waals surface area contributed by atoms with Gasteiger partial charge >= 0.3 is 0 Å². The van der Waals surface area contributed by atoms with Crippen molar-refractivity contribution in [2.45, 2.75) is 44.7 Å². The quantitative estimate of drug-likeness (QED) is 0.419. The summed E-state index contributed by atoms with van der Waals surface area (Å²) in [5.41, 5.74) is 3.40. The molecule has 2 aromatic carbocycles. The Morgan fingerprint density at radius 1 is 1.05 bits per heavy atom. The molecule has 0 radical (unpaired) electrons. The van der Waals surface area contributed by atoms with Gasteiger partial charge in [0.05, 0.1) is 18.8 Å². The molecule has 0 bridgehead atoms. The van der Waals surface area contributed by atoms with Crippen molar-refractivity contribution in [2.24, 2.45) is 5.16 Å². The van der Waals surface area contributed by atoms with Crippen molar-refractivity contribution in [3.63, 3.8) is 0 Å². The summed E-state index contributed by atoms with van der Waals surface area (Å²) in [4.78, 5) is 39.4. The highest BCUT2D eigenvalue weighted by Crippen LogP contribution is 2.31. The first-order valence-corrected chi connectivity index (χ1v) is 13.5. The van der Waals surface area contributed by atoms with Crippen molar-refractivity contribution in [3.05, 3.63) is 71.9 Å². The molecule has 10 heteroatoms. The van der Waals surface area contributed by atoms with Gasteiger partial charge in [0, 0.05) is 24.9 Å². The van der Waals surface area contributed by atoms with Gasteiger partial charge in [0.25, 0.3) is 5.91 Å². The summed E-state index contributed by atoms with van der Waals surface area (Å²) >= 11 is 0. The van der Waals surface area contributed by atoms with E-state index < -0.39 is 6.04 Å². The molecule has 2 aliphatic rings. The number of oxime groups is 1. The number of benzene rings is 2. The molecule has 0 unspecified atom stereocenters. The van der Waals surface area contributed by atoms with Gasteiger partial charge in [-0.25, -0.2) is 0 Å². The second-order valence-electron chi connectivity index (χ2n) is 9.91. The van der Waals surface area contributed by atoms with Crippen LogP contribution in [0.5, 0.6) is 0 Å². The average Bonchev–Trinajstić information content (AvgIpc) is 3.63. The molecule has 1 atom stereocenters. The second kappa shape index (κ2) is 12.7. The van der Waals surface area contributed by atoms with Gasteiger partial charge in [-0.05, 0) is 49.2 Å². The van der Waals surface area contributed by atoms with Gasteiger partial charge in [-0.15, -0.1) is 0 Å². The summed E-state index contributed by atoms with van der Waals surface area (Å²) in [7, 11) is 1.48. The first-order valence-electron chi connectivity index (χ1n) is 13.5. The number of carbonyl (C=O) groups excluding carboxylic acids is 2. The molecule has 204 valence electrons. The van der Waals surface area contributed by atoms with Crippen LogP contribution in [0.2, 0.25) is 0 Å². The van der Waals surface area contributed by atoms with E-state index in [1.54, 1.807) is 4.90 Å². The SMILES string of the molecule is CON=C1C[C@@H](c2noc(CNC(=O)CCN3CCCCC3)n2)N(C(=O)c2ccc(-c3ccccc3)cc2)C1. The van der Waals surface area contributed by atoms with Gasteiger partial charge in [-0.3, -0.25) is 9.59 Å². The van der Waals surface area contributed by atoms with E-state index in [9.17, 15) is 9.59 Å². The highest BCUT2D eigenvalue weighted by molar-refractivity contribution is 6.00. The third kappa shape index (κ3) is 6.69. The second-order valence-corrected chi connectivity index (χ2v) is 9.91. The summed E-state index contributed by atoms with van der Waals surface area (Å²) in [6.07, 6.45) is 4.53. The predicted molar refractivity (Wildman–Crippen MR) is 146 cm³/mol. The van der Waals surface area contributed by atoms with Gasteiger partial charge in [-0.1, -0.05) is 59.2 Å². The maximum Gasteiger partial charge on any atom is 0.254 e. The lowest BCUT2D eigenvalue weighted by molar-refractivity contribution is -0.121. The number of hydrogen-bond acceptors (Lipinski definition) is 8. The van der Waals surface area contributed by atoms with Crippen LogP contribution in [0, 0.1) is 0 Å². The van der Waals surface area contributed by atoms with Crippen LogP contribution in [0.25, 0.3) is 11.1 Å². The highest BCUT2D eigenvalue weighted by Gasteiger charge is 2.38. The molecule has 1 N–H and O–H groups in total. The number of nitrogens with one attached hydrogen (secondary N) is 1. The number of aromatic nitrogens is 2. The van der Waals surface area contributed by atoms with Crippen molar-refractivity contribution >= 4 is 17.5 Å². The Morgan fingerprint density at radius 3 is 2.54 bits per heavy atom. The average molecular weight is 531 g/mol. The maximum atomic E-state index is 13.5.